The van der Waals surface area contributed by atoms with Crippen molar-refractivity contribution in [2.45, 2.75) is 64.3 Å². The first-order chi connectivity index (χ1) is 17.2. The van der Waals surface area contributed by atoms with Gasteiger partial charge in [-0.25, -0.2) is 4.99 Å². The summed E-state index contributed by atoms with van der Waals surface area (Å²) < 4.78 is 18.0. The first-order valence-corrected chi connectivity index (χ1v) is 12.4. The van der Waals surface area contributed by atoms with Gasteiger partial charge in [0.1, 0.15) is 22.8 Å². The number of carbonyl (C=O) groups is 2. The largest absolute Gasteiger partial charge is 0.494 e. The summed E-state index contributed by atoms with van der Waals surface area (Å²) in [5, 5.41) is 3.18. The summed E-state index contributed by atoms with van der Waals surface area (Å²) in [5.74, 6) is 1.81. The van der Waals surface area contributed by atoms with Gasteiger partial charge >= 0.3 is 0 Å². The highest BCUT2D eigenvalue weighted by Crippen LogP contribution is 2.41. The van der Waals surface area contributed by atoms with E-state index in [2.05, 4.69) is 10.3 Å². The molecule has 36 heavy (non-hydrogen) atoms. The smallest absolute Gasteiger partial charge is 0.251 e. The molecule has 190 valence electrons. The molecule has 4 heterocycles. The van der Waals surface area contributed by atoms with Gasteiger partial charge in [0.25, 0.3) is 5.91 Å². The highest BCUT2D eigenvalue weighted by Gasteiger charge is 2.35. The van der Waals surface area contributed by atoms with Crippen LogP contribution in [0.5, 0.6) is 17.2 Å². The molecule has 9 heteroatoms. The molecular formula is C27H32N4O5. The quantitative estimate of drug-likeness (QED) is 0.665. The van der Waals surface area contributed by atoms with Crippen LogP contribution in [-0.4, -0.2) is 47.5 Å². The number of hydrogen-bond acceptors (Lipinski definition) is 7. The van der Waals surface area contributed by atoms with Gasteiger partial charge in [-0.05, 0) is 57.2 Å². The second-order valence-electron chi connectivity index (χ2n) is 10.0. The minimum Gasteiger partial charge on any atom is -0.494 e. The van der Waals surface area contributed by atoms with E-state index in [1.807, 2.05) is 39.0 Å². The zero-order valence-corrected chi connectivity index (χ0v) is 20.9. The molecule has 3 N–H and O–H groups in total. The maximum Gasteiger partial charge on any atom is 0.251 e. The van der Waals surface area contributed by atoms with Crippen LogP contribution in [0.1, 0.15) is 67.6 Å². The van der Waals surface area contributed by atoms with Gasteiger partial charge < -0.3 is 25.3 Å². The fraction of sp³-hybridized carbons (Fsp3) is 0.444. The summed E-state index contributed by atoms with van der Waals surface area (Å²) in [4.78, 5) is 32.4. The lowest BCUT2D eigenvalue weighted by atomic mass is 9.89. The Bertz CT molecular complexity index is 1220. The summed E-state index contributed by atoms with van der Waals surface area (Å²) in [7, 11) is 0. The van der Waals surface area contributed by atoms with Crippen LogP contribution in [0, 0.1) is 0 Å². The van der Waals surface area contributed by atoms with Crippen LogP contribution >= 0.6 is 0 Å². The molecule has 2 aromatic carbocycles. The topological polar surface area (TPSA) is 115 Å². The van der Waals surface area contributed by atoms with Crippen LogP contribution in [0.4, 0.5) is 0 Å². The Morgan fingerprint density at radius 2 is 2.06 bits per heavy atom. The molecule has 2 aromatic rings. The number of benzene rings is 2. The highest BCUT2D eigenvalue weighted by atomic mass is 16.5. The summed E-state index contributed by atoms with van der Waals surface area (Å²) >= 11 is 0. The van der Waals surface area contributed by atoms with Crippen LogP contribution in [0.25, 0.3) is 0 Å². The van der Waals surface area contributed by atoms with Gasteiger partial charge in [0, 0.05) is 36.0 Å². The lowest BCUT2D eigenvalue weighted by Gasteiger charge is -2.38. The van der Waals surface area contributed by atoms with Crippen LogP contribution in [0.2, 0.25) is 0 Å². The van der Waals surface area contributed by atoms with Crippen LogP contribution in [-0.2, 0) is 11.3 Å². The molecule has 4 aliphatic heterocycles. The minimum atomic E-state index is -0.447. The zero-order chi connectivity index (χ0) is 25.4. The van der Waals surface area contributed by atoms with E-state index in [0.717, 1.165) is 11.3 Å². The molecule has 2 atom stereocenters. The van der Waals surface area contributed by atoms with Crippen molar-refractivity contribution >= 4 is 17.8 Å². The molecule has 0 saturated carbocycles. The number of ether oxygens (including phenoxy) is 3. The Morgan fingerprint density at radius 3 is 2.83 bits per heavy atom. The van der Waals surface area contributed by atoms with Gasteiger partial charge in [-0.2, -0.15) is 0 Å². The summed E-state index contributed by atoms with van der Waals surface area (Å²) in [6.07, 6.45) is 1.40. The summed E-state index contributed by atoms with van der Waals surface area (Å²) in [5.41, 5.74) is 7.80. The van der Waals surface area contributed by atoms with Gasteiger partial charge in [0.15, 0.2) is 5.96 Å². The number of amides is 2. The third-order valence-corrected chi connectivity index (χ3v) is 6.72. The van der Waals surface area contributed by atoms with Crippen LogP contribution in [0.15, 0.2) is 41.4 Å². The molecule has 0 fully saturated rings. The molecule has 2 amide bonds. The first-order valence-electron chi connectivity index (χ1n) is 12.4. The molecule has 4 aliphatic rings. The zero-order valence-electron chi connectivity index (χ0n) is 20.9. The van der Waals surface area contributed by atoms with Gasteiger partial charge in [-0.3, -0.25) is 14.5 Å². The lowest BCUT2D eigenvalue weighted by Crippen LogP contribution is -2.47. The maximum absolute atomic E-state index is 13.4. The molecule has 0 saturated heterocycles. The predicted molar refractivity (Wildman–Crippen MR) is 134 cm³/mol. The van der Waals surface area contributed by atoms with Crippen LogP contribution in [0.3, 0.4) is 0 Å². The van der Waals surface area contributed by atoms with Gasteiger partial charge in [0.2, 0.25) is 5.91 Å². The average Bonchev–Trinajstić information content (AvgIpc) is 2.81. The summed E-state index contributed by atoms with van der Waals surface area (Å²) in [6.45, 7) is 6.91. The van der Waals surface area contributed by atoms with E-state index in [1.54, 1.807) is 18.2 Å². The SMILES string of the molecule is CCOc1ccc2cc1CN1C(=O)CC(CCOc3ccc4c(c3)C(CC(C)(C)O4)NC2=O)N=C1N. The molecule has 6 rings (SSSR count). The predicted octanol–water partition coefficient (Wildman–Crippen LogP) is 3.32. The minimum absolute atomic E-state index is 0.119. The van der Waals surface area contributed by atoms with Crippen molar-refractivity contribution in [1.29, 1.82) is 0 Å². The molecule has 0 aliphatic carbocycles. The average molecular weight is 493 g/mol. The molecular weight excluding hydrogens is 460 g/mol. The Labute approximate surface area is 210 Å². The second kappa shape index (κ2) is 9.37. The van der Waals surface area contributed by atoms with Crippen molar-refractivity contribution in [3.63, 3.8) is 0 Å². The Hall–Kier alpha value is -3.75. The number of carbonyl (C=O) groups excluding carboxylic acids is 2. The number of nitrogens with zero attached hydrogens (tertiary/aromatic N) is 2. The molecule has 0 spiro atoms. The normalized spacial score (nSPS) is 23.1. The molecule has 9 nitrogen and oxygen atoms in total. The second-order valence-corrected chi connectivity index (χ2v) is 10.0. The van der Waals surface area contributed by atoms with Gasteiger partial charge in [-0.1, -0.05) is 0 Å². The number of fused-ring (bicyclic) bond motifs is 4. The van der Waals surface area contributed by atoms with E-state index in [4.69, 9.17) is 19.9 Å². The van der Waals surface area contributed by atoms with Crippen molar-refractivity contribution < 1.29 is 23.8 Å². The van der Waals surface area contributed by atoms with E-state index in [9.17, 15) is 9.59 Å². The lowest BCUT2D eigenvalue weighted by molar-refractivity contribution is -0.129. The van der Waals surface area contributed by atoms with E-state index >= 15 is 0 Å². The van der Waals surface area contributed by atoms with Crippen LogP contribution < -0.4 is 25.3 Å². The van der Waals surface area contributed by atoms with E-state index in [0.29, 0.717) is 48.7 Å². The summed E-state index contributed by atoms with van der Waals surface area (Å²) in [6, 6.07) is 10.4. The number of aliphatic imine (C=N–C) groups is 1. The van der Waals surface area contributed by atoms with Crippen molar-refractivity contribution in [2.24, 2.45) is 10.7 Å². The van der Waals surface area contributed by atoms with Gasteiger partial charge in [0.05, 0.1) is 31.8 Å². The molecule has 2 unspecified atom stereocenters. The third-order valence-electron chi connectivity index (χ3n) is 6.72. The number of hydrogen-bond donors (Lipinski definition) is 2. The highest BCUT2D eigenvalue weighted by molar-refractivity contribution is 5.99. The van der Waals surface area contributed by atoms with E-state index < -0.39 is 5.60 Å². The Morgan fingerprint density at radius 1 is 1.22 bits per heavy atom. The fourth-order valence-corrected chi connectivity index (χ4v) is 4.99. The van der Waals surface area contributed by atoms with Crippen molar-refractivity contribution in [3.05, 3.63) is 53.1 Å². The van der Waals surface area contributed by atoms with E-state index in [1.165, 1.54) is 4.90 Å². The number of rotatable bonds is 2. The third kappa shape index (κ3) is 4.82. The number of guanidine groups is 1. The van der Waals surface area contributed by atoms with Crippen molar-refractivity contribution in [2.75, 3.05) is 13.2 Å². The Balaban J connectivity index is 1.57. The Kier molecular flexibility index (Phi) is 6.24. The number of nitrogens with one attached hydrogen (secondary N) is 1. The fourth-order valence-electron chi connectivity index (χ4n) is 4.99. The van der Waals surface area contributed by atoms with Gasteiger partial charge in [-0.15, -0.1) is 0 Å². The maximum atomic E-state index is 13.4. The first kappa shape index (κ1) is 24.0. The molecule has 0 radical (unpaired) electrons. The molecule has 0 aromatic heterocycles. The standard InChI is InChI=1S/C27H32N4O5/c1-4-34-22-7-5-16-11-17(22)15-31-24(32)12-18(29-26(31)28)9-10-35-19-6-8-23-20(13-19)21(30-25(16)33)14-27(2,3)36-23/h5-8,11,13,18,21H,4,9-10,12,14-15H2,1-3H3,(H2,28,29)(H,30,33). The molecule has 6 bridgehead atoms. The monoisotopic (exact) mass is 492 g/mol. The van der Waals surface area contributed by atoms with Crippen molar-refractivity contribution in [3.8, 4) is 17.2 Å². The van der Waals surface area contributed by atoms with Crippen molar-refractivity contribution in [1.82, 2.24) is 10.2 Å². The van der Waals surface area contributed by atoms with E-state index in [-0.39, 0.29) is 42.8 Å². The number of nitrogens with two attached hydrogens (primary N) is 1.